The van der Waals surface area contributed by atoms with Gasteiger partial charge >= 0.3 is 0 Å². The van der Waals surface area contributed by atoms with Gasteiger partial charge in [0.25, 0.3) is 11.6 Å². The van der Waals surface area contributed by atoms with Crippen LogP contribution in [0.5, 0.6) is 0 Å². The molecule has 7 heteroatoms. The van der Waals surface area contributed by atoms with Crippen molar-refractivity contribution in [1.29, 1.82) is 0 Å². The van der Waals surface area contributed by atoms with Gasteiger partial charge in [-0.05, 0) is 18.9 Å². The smallest absolute Gasteiger partial charge is 0.288 e. The molecule has 0 bridgehead atoms. The van der Waals surface area contributed by atoms with Gasteiger partial charge in [0.05, 0.1) is 16.6 Å². The minimum absolute atomic E-state index is 0.123. The second kappa shape index (κ2) is 6.87. The summed E-state index contributed by atoms with van der Waals surface area (Å²) in [6.07, 6.45) is 1.96. The molecule has 0 radical (unpaired) electrons. The molecular formula is C14H17ClN2O4. The van der Waals surface area contributed by atoms with Crippen LogP contribution in [0, 0.1) is 16.0 Å². The van der Waals surface area contributed by atoms with E-state index >= 15 is 0 Å². The molecule has 0 aromatic heterocycles. The number of nitrogens with one attached hydrogen (secondary N) is 1. The number of nitrogens with zero attached hydrogens (tertiary/aromatic N) is 1. The highest BCUT2D eigenvalue weighted by atomic mass is 35.5. The van der Waals surface area contributed by atoms with Crippen LogP contribution in [0.25, 0.3) is 0 Å². The highest BCUT2D eigenvalue weighted by molar-refractivity contribution is 6.35. The summed E-state index contributed by atoms with van der Waals surface area (Å²) < 4.78 is 5.56. The van der Waals surface area contributed by atoms with Gasteiger partial charge in [-0.1, -0.05) is 24.6 Å². The first kappa shape index (κ1) is 15.7. The Hall–Kier alpha value is -1.66. The van der Waals surface area contributed by atoms with Crippen molar-refractivity contribution in [3.05, 3.63) is 38.9 Å². The second-order valence-electron chi connectivity index (χ2n) is 4.97. The normalized spacial score (nSPS) is 21.2. The number of ether oxygens (including phenoxy) is 1. The number of amides is 1. The van der Waals surface area contributed by atoms with Gasteiger partial charge in [0.15, 0.2) is 0 Å². The summed E-state index contributed by atoms with van der Waals surface area (Å²) in [5.41, 5.74) is -0.141. The average molecular weight is 313 g/mol. The lowest BCUT2D eigenvalue weighted by atomic mass is 9.99. The maximum Gasteiger partial charge on any atom is 0.288 e. The molecule has 1 heterocycles. The molecule has 21 heavy (non-hydrogen) atoms. The summed E-state index contributed by atoms with van der Waals surface area (Å²) in [5, 5.41) is 13.5. The molecule has 1 N–H and O–H groups in total. The highest BCUT2D eigenvalue weighted by Gasteiger charge is 2.27. The van der Waals surface area contributed by atoms with E-state index in [2.05, 4.69) is 5.32 Å². The third-order valence-corrected chi connectivity index (χ3v) is 4.09. The Balaban J connectivity index is 2.04. The van der Waals surface area contributed by atoms with E-state index in [1.807, 2.05) is 6.92 Å². The monoisotopic (exact) mass is 312 g/mol. The molecule has 2 atom stereocenters. The zero-order valence-corrected chi connectivity index (χ0v) is 12.4. The fourth-order valence-corrected chi connectivity index (χ4v) is 2.81. The van der Waals surface area contributed by atoms with Crippen LogP contribution in [0.3, 0.4) is 0 Å². The Morgan fingerprint density at radius 1 is 1.57 bits per heavy atom. The predicted octanol–water partition coefficient (Wildman–Crippen LogP) is 2.79. The minimum atomic E-state index is -0.600. The van der Waals surface area contributed by atoms with Gasteiger partial charge < -0.3 is 10.1 Å². The van der Waals surface area contributed by atoms with Crippen LogP contribution in [0.15, 0.2) is 18.2 Å². The minimum Gasteiger partial charge on any atom is -0.378 e. The number of nitro groups is 1. The van der Waals surface area contributed by atoms with E-state index in [0.717, 1.165) is 12.8 Å². The average Bonchev–Trinajstić information content (AvgIpc) is 2.92. The molecular weight excluding hydrogens is 296 g/mol. The summed E-state index contributed by atoms with van der Waals surface area (Å²) in [6, 6.07) is 4.20. The van der Waals surface area contributed by atoms with Gasteiger partial charge in [-0.25, -0.2) is 0 Å². The number of halogens is 1. The topological polar surface area (TPSA) is 81.5 Å². The van der Waals surface area contributed by atoms with Crippen molar-refractivity contribution in [3.8, 4) is 0 Å². The quantitative estimate of drug-likeness (QED) is 0.669. The van der Waals surface area contributed by atoms with E-state index in [4.69, 9.17) is 16.3 Å². The van der Waals surface area contributed by atoms with Crippen LogP contribution in [0.1, 0.15) is 30.1 Å². The van der Waals surface area contributed by atoms with Gasteiger partial charge in [0.2, 0.25) is 0 Å². The number of nitro benzene ring substituents is 1. The van der Waals surface area contributed by atoms with Crippen LogP contribution in [-0.4, -0.2) is 30.1 Å². The molecule has 2 unspecified atom stereocenters. The van der Waals surface area contributed by atoms with E-state index in [-0.39, 0.29) is 28.3 Å². The molecule has 114 valence electrons. The van der Waals surface area contributed by atoms with Crippen molar-refractivity contribution >= 4 is 23.2 Å². The standard InChI is InChI=1S/C14H17ClN2O4/c1-2-12-9(6-7-21-12)8-16-14(18)10-4-3-5-11(13(10)15)17(19)20/h3-5,9,12H,2,6-8H2,1H3,(H,16,18). The van der Waals surface area contributed by atoms with Gasteiger partial charge in [0.1, 0.15) is 5.02 Å². The molecule has 1 amide bonds. The van der Waals surface area contributed by atoms with Crippen LogP contribution in [0.2, 0.25) is 5.02 Å². The third-order valence-electron chi connectivity index (χ3n) is 3.69. The van der Waals surface area contributed by atoms with Gasteiger partial charge in [0, 0.05) is 25.1 Å². The molecule has 0 saturated carbocycles. The predicted molar refractivity (Wildman–Crippen MR) is 78.6 cm³/mol. The molecule has 0 aliphatic carbocycles. The lowest BCUT2D eigenvalue weighted by molar-refractivity contribution is -0.384. The summed E-state index contributed by atoms with van der Waals surface area (Å²) >= 11 is 5.92. The first-order valence-electron chi connectivity index (χ1n) is 6.87. The SMILES string of the molecule is CCC1OCCC1CNC(=O)c1cccc([N+](=O)[O-])c1Cl. The Kier molecular flexibility index (Phi) is 5.14. The number of hydrogen-bond donors (Lipinski definition) is 1. The van der Waals surface area contributed by atoms with Crippen molar-refractivity contribution < 1.29 is 14.5 Å². The van der Waals surface area contributed by atoms with Crippen molar-refractivity contribution in [1.82, 2.24) is 5.32 Å². The Morgan fingerprint density at radius 2 is 2.33 bits per heavy atom. The van der Waals surface area contributed by atoms with E-state index < -0.39 is 10.8 Å². The maximum atomic E-state index is 12.1. The molecule has 0 spiro atoms. The Bertz CT molecular complexity index is 550. The van der Waals surface area contributed by atoms with Gasteiger partial charge in [-0.3, -0.25) is 14.9 Å². The van der Waals surface area contributed by atoms with Crippen molar-refractivity contribution in [2.45, 2.75) is 25.9 Å². The summed E-state index contributed by atoms with van der Waals surface area (Å²) in [6.45, 7) is 3.23. The Labute approximate surface area is 127 Å². The molecule has 1 saturated heterocycles. The van der Waals surface area contributed by atoms with E-state index in [9.17, 15) is 14.9 Å². The number of carbonyl (C=O) groups is 1. The largest absolute Gasteiger partial charge is 0.378 e. The second-order valence-corrected chi connectivity index (χ2v) is 5.35. The van der Waals surface area contributed by atoms with Crippen LogP contribution < -0.4 is 5.32 Å². The van der Waals surface area contributed by atoms with E-state index in [0.29, 0.717) is 13.2 Å². The number of rotatable bonds is 5. The Morgan fingerprint density at radius 3 is 3.00 bits per heavy atom. The fourth-order valence-electron chi connectivity index (χ4n) is 2.53. The van der Waals surface area contributed by atoms with Crippen LogP contribution >= 0.6 is 11.6 Å². The van der Waals surface area contributed by atoms with Crippen LogP contribution in [-0.2, 0) is 4.74 Å². The molecule has 6 nitrogen and oxygen atoms in total. The zero-order chi connectivity index (χ0) is 15.4. The maximum absolute atomic E-state index is 12.1. The lowest BCUT2D eigenvalue weighted by Gasteiger charge is -2.17. The first-order chi connectivity index (χ1) is 10.0. The molecule has 2 rings (SSSR count). The molecule has 1 aromatic carbocycles. The molecule has 1 aromatic rings. The molecule has 1 fully saturated rings. The molecule has 1 aliphatic rings. The van der Waals surface area contributed by atoms with Gasteiger partial charge in [-0.2, -0.15) is 0 Å². The van der Waals surface area contributed by atoms with Crippen molar-refractivity contribution in [2.75, 3.05) is 13.2 Å². The molecule has 1 aliphatic heterocycles. The lowest BCUT2D eigenvalue weighted by Crippen LogP contribution is -2.32. The van der Waals surface area contributed by atoms with E-state index in [1.165, 1.54) is 18.2 Å². The first-order valence-corrected chi connectivity index (χ1v) is 7.25. The zero-order valence-electron chi connectivity index (χ0n) is 11.7. The highest BCUT2D eigenvalue weighted by Crippen LogP contribution is 2.28. The van der Waals surface area contributed by atoms with E-state index in [1.54, 1.807) is 0 Å². The van der Waals surface area contributed by atoms with Crippen LogP contribution in [0.4, 0.5) is 5.69 Å². The summed E-state index contributed by atoms with van der Waals surface area (Å²) in [5.74, 6) is -0.123. The summed E-state index contributed by atoms with van der Waals surface area (Å²) in [7, 11) is 0. The number of benzene rings is 1. The fraction of sp³-hybridized carbons (Fsp3) is 0.500. The van der Waals surface area contributed by atoms with Gasteiger partial charge in [-0.15, -0.1) is 0 Å². The summed E-state index contributed by atoms with van der Waals surface area (Å²) in [4.78, 5) is 22.4. The van der Waals surface area contributed by atoms with Crippen molar-refractivity contribution in [3.63, 3.8) is 0 Å². The number of hydrogen-bond acceptors (Lipinski definition) is 4. The third kappa shape index (κ3) is 3.51. The van der Waals surface area contributed by atoms with Crippen molar-refractivity contribution in [2.24, 2.45) is 5.92 Å². The number of carbonyl (C=O) groups excluding carboxylic acids is 1.